The SMILES string of the molecule is Cc1nc(-c2ccccc2)sc1C(=O)O[C@H](C(=O)N1CCCCC1)c1ccccc1. The maximum absolute atomic E-state index is 13.2. The second kappa shape index (κ2) is 9.22. The Morgan fingerprint density at radius 1 is 0.967 bits per heavy atom. The maximum atomic E-state index is 13.2. The van der Waals surface area contributed by atoms with E-state index in [1.807, 2.05) is 65.6 Å². The Bertz CT molecular complexity index is 1010. The van der Waals surface area contributed by atoms with Crippen LogP contribution in [0.1, 0.15) is 46.3 Å². The van der Waals surface area contributed by atoms with Crippen LogP contribution in [0, 0.1) is 6.92 Å². The van der Waals surface area contributed by atoms with E-state index in [1.165, 1.54) is 11.3 Å². The summed E-state index contributed by atoms with van der Waals surface area (Å²) in [4.78, 5) is 33.1. The predicted molar refractivity (Wildman–Crippen MR) is 117 cm³/mol. The largest absolute Gasteiger partial charge is 0.443 e. The molecule has 6 heteroatoms. The number of carbonyl (C=O) groups excluding carboxylic acids is 2. The lowest BCUT2D eigenvalue weighted by atomic mass is 10.1. The number of benzene rings is 2. The quantitative estimate of drug-likeness (QED) is 0.543. The third kappa shape index (κ3) is 4.44. The number of aryl methyl sites for hydroxylation is 1. The van der Waals surface area contributed by atoms with E-state index in [9.17, 15) is 9.59 Å². The molecule has 2 heterocycles. The first-order chi connectivity index (χ1) is 14.6. The van der Waals surface area contributed by atoms with E-state index in [0.717, 1.165) is 29.8 Å². The highest BCUT2D eigenvalue weighted by Gasteiger charge is 2.31. The fourth-order valence-electron chi connectivity index (χ4n) is 3.62. The van der Waals surface area contributed by atoms with Crippen LogP contribution in [0.15, 0.2) is 60.7 Å². The van der Waals surface area contributed by atoms with Gasteiger partial charge in [-0.2, -0.15) is 0 Å². The molecule has 1 aromatic heterocycles. The van der Waals surface area contributed by atoms with E-state index >= 15 is 0 Å². The van der Waals surface area contributed by atoms with Crippen molar-refractivity contribution in [1.82, 2.24) is 9.88 Å². The van der Waals surface area contributed by atoms with Crippen molar-refractivity contribution in [3.8, 4) is 10.6 Å². The van der Waals surface area contributed by atoms with Crippen LogP contribution in [-0.2, 0) is 9.53 Å². The number of piperidine rings is 1. The summed E-state index contributed by atoms with van der Waals surface area (Å²) < 4.78 is 5.81. The molecular weight excluding hydrogens is 396 g/mol. The van der Waals surface area contributed by atoms with E-state index in [1.54, 1.807) is 6.92 Å². The lowest BCUT2D eigenvalue weighted by molar-refractivity contribution is -0.142. The van der Waals surface area contributed by atoms with Gasteiger partial charge in [0, 0.05) is 24.2 Å². The number of esters is 1. The maximum Gasteiger partial charge on any atom is 0.351 e. The van der Waals surface area contributed by atoms with E-state index in [0.29, 0.717) is 29.2 Å². The number of carbonyl (C=O) groups is 2. The van der Waals surface area contributed by atoms with Gasteiger partial charge in [0.1, 0.15) is 9.88 Å². The fourth-order valence-corrected chi connectivity index (χ4v) is 4.57. The zero-order valence-corrected chi connectivity index (χ0v) is 17.7. The summed E-state index contributed by atoms with van der Waals surface area (Å²) in [5.41, 5.74) is 2.25. The summed E-state index contributed by atoms with van der Waals surface area (Å²) in [5.74, 6) is -0.661. The summed E-state index contributed by atoms with van der Waals surface area (Å²) in [6.07, 6.45) is 2.14. The van der Waals surface area contributed by atoms with Gasteiger partial charge in [0.25, 0.3) is 5.91 Å². The number of likely N-dealkylation sites (tertiary alicyclic amines) is 1. The number of aromatic nitrogens is 1. The molecule has 3 aromatic rings. The van der Waals surface area contributed by atoms with Gasteiger partial charge in [0.2, 0.25) is 6.10 Å². The van der Waals surface area contributed by atoms with Gasteiger partial charge in [-0.05, 0) is 26.2 Å². The van der Waals surface area contributed by atoms with Crippen LogP contribution in [0.5, 0.6) is 0 Å². The lowest BCUT2D eigenvalue weighted by Gasteiger charge is -2.30. The number of nitrogens with zero attached hydrogens (tertiary/aromatic N) is 2. The van der Waals surface area contributed by atoms with Gasteiger partial charge in [0.15, 0.2) is 0 Å². The molecule has 0 bridgehead atoms. The van der Waals surface area contributed by atoms with E-state index in [2.05, 4.69) is 4.98 Å². The van der Waals surface area contributed by atoms with Crippen molar-refractivity contribution < 1.29 is 14.3 Å². The van der Waals surface area contributed by atoms with Crippen LogP contribution >= 0.6 is 11.3 Å². The minimum Gasteiger partial charge on any atom is -0.443 e. The van der Waals surface area contributed by atoms with Crippen molar-refractivity contribution in [2.45, 2.75) is 32.3 Å². The van der Waals surface area contributed by atoms with Gasteiger partial charge in [-0.3, -0.25) is 4.79 Å². The average Bonchev–Trinajstić information content (AvgIpc) is 3.20. The summed E-state index contributed by atoms with van der Waals surface area (Å²) >= 11 is 1.29. The van der Waals surface area contributed by atoms with E-state index in [-0.39, 0.29) is 5.91 Å². The van der Waals surface area contributed by atoms with Crippen LogP contribution in [-0.4, -0.2) is 34.8 Å². The van der Waals surface area contributed by atoms with Gasteiger partial charge < -0.3 is 9.64 Å². The molecular formula is C24H24N2O3S. The van der Waals surface area contributed by atoms with Crippen molar-refractivity contribution in [2.75, 3.05) is 13.1 Å². The molecule has 1 saturated heterocycles. The molecule has 2 aromatic carbocycles. The Kier molecular flexibility index (Phi) is 6.23. The van der Waals surface area contributed by atoms with Crippen molar-refractivity contribution in [3.05, 3.63) is 76.8 Å². The number of hydrogen-bond donors (Lipinski definition) is 0. The average molecular weight is 421 g/mol. The normalized spacial score (nSPS) is 14.9. The molecule has 1 atom stereocenters. The highest BCUT2D eigenvalue weighted by atomic mass is 32.1. The third-order valence-corrected chi connectivity index (χ3v) is 6.41. The fraction of sp³-hybridized carbons (Fsp3) is 0.292. The van der Waals surface area contributed by atoms with E-state index < -0.39 is 12.1 Å². The third-order valence-electron chi connectivity index (χ3n) is 5.22. The zero-order chi connectivity index (χ0) is 20.9. The molecule has 5 nitrogen and oxygen atoms in total. The second-order valence-corrected chi connectivity index (χ2v) is 8.38. The van der Waals surface area contributed by atoms with Gasteiger partial charge in [-0.25, -0.2) is 9.78 Å². The van der Waals surface area contributed by atoms with Crippen LogP contribution in [0.3, 0.4) is 0 Å². The zero-order valence-electron chi connectivity index (χ0n) is 16.9. The van der Waals surface area contributed by atoms with Crippen LogP contribution in [0.4, 0.5) is 0 Å². The molecule has 154 valence electrons. The predicted octanol–water partition coefficient (Wildman–Crippen LogP) is 5.03. The molecule has 1 fully saturated rings. The van der Waals surface area contributed by atoms with Crippen LogP contribution < -0.4 is 0 Å². The van der Waals surface area contributed by atoms with Gasteiger partial charge >= 0.3 is 5.97 Å². The first-order valence-electron chi connectivity index (χ1n) is 10.2. The molecule has 0 unspecified atom stereocenters. The van der Waals surface area contributed by atoms with Gasteiger partial charge in [0.05, 0.1) is 5.69 Å². The van der Waals surface area contributed by atoms with Crippen molar-refractivity contribution in [1.29, 1.82) is 0 Å². The molecule has 4 rings (SSSR count). The van der Waals surface area contributed by atoms with Gasteiger partial charge in [-0.15, -0.1) is 11.3 Å². The molecule has 1 aliphatic rings. The lowest BCUT2D eigenvalue weighted by Crippen LogP contribution is -2.40. The van der Waals surface area contributed by atoms with Crippen LogP contribution in [0.25, 0.3) is 10.6 Å². The van der Waals surface area contributed by atoms with Crippen molar-refractivity contribution in [2.24, 2.45) is 0 Å². The van der Waals surface area contributed by atoms with Crippen LogP contribution in [0.2, 0.25) is 0 Å². The van der Waals surface area contributed by atoms with Gasteiger partial charge in [-0.1, -0.05) is 60.7 Å². The molecule has 30 heavy (non-hydrogen) atoms. The molecule has 0 spiro atoms. The summed E-state index contributed by atoms with van der Waals surface area (Å²) in [7, 11) is 0. The molecule has 1 aliphatic heterocycles. The number of rotatable bonds is 5. The summed E-state index contributed by atoms with van der Waals surface area (Å²) in [6.45, 7) is 3.21. The van der Waals surface area contributed by atoms with E-state index in [4.69, 9.17) is 4.74 Å². The Morgan fingerprint density at radius 3 is 2.27 bits per heavy atom. The minimum atomic E-state index is -0.946. The monoisotopic (exact) mass is 420 g/mol. The molecule has 0 N–H and O–H groups in total. The molecule has 0 aliphatic carbocycles. The highest BCUT2D eigenvalue weighted by molar-refractivity contribution is 7.17. The highest BCUT2D eigenvalue weighted by Crippen LogP contribution is 2.30. The Balaban J connectivity index is 1.59. The Hall–Kier alpha value is -2.99. The molecule has 0 radical (unpaired) electrons. The van der Waals surface area contributed by atoms with Crippen molar-refractivity contribution in [3.63, 3.8) is 0 Å². The first kappa shape index (κ1) is 20.3. The second-order valence-electron chi connectivity index (χ2n) is 7.38. The standard InChI is InChI=1S/C24H24N2O3S/c1-17-21(30-22(25-17)19-13-7-3-8-14-19)24(28)29-20(18-11-5-2-6-12-18)23(27)26-15-9-4-10-16-26/h2-3,5-8,11-14,20H,4,9-10,15-16H2,1H3/t20-/m0/s1. The number of ether oxygens (including phenoxy) is 1. The number of amides is 1. The number of thiazole rings is 1. The summed E-state index contributed by atoms with van der Waals surface area (Å²) in [6, 6.07) is 19.0. The number of hydrogen-bond acceptors (Lipinski definition) is 5. The minimum absolute atomic E-state index is 0.153. The topological polar surface area (TPSA) is 59.5 Å². The Morgan fingerprint density at radius 2 is 1.60 bits per heavy atom. The van der Waals surface area contributed by atoms with Crippen molar-refractivity contribution >= 4 is 23.2 Å². The first-order valence-corrected chi connectivity index (χ1v) is 11.0. The molecule has 0 saturated carbocycles. The summed E-state index contributed by atoms with van der Waals surface area (Å²) in [5, 5.41) is 0.763. The molecule has 1 amide bonds. The smallest absolute Gasteiger partial charge is 0.351 e. The Labute approximate surface area is 180 Å².